The first-order chi connectivity index (χ1) is 9.66. The van der Waals surface area contributed by atoms with E-state index in [0.717, 1.165) is 17.3 Å². The van der Waals surface area contributed by atoms with Crippen LogP contribution in [0.15, 0.2) is 22.7 Å². The normalized spacial score (nSPS) is 26.1. The predicted molar refractivity (Wildman–Crippen MR) is 81.6 cm³/mol. The van der Waals surface area contributed by atoms with E-state index in [1.54, 1.807) is 12.1 Å². The number of nitrogens with two attached hydrogens (primary N) is 1. The molecule has 2 unspecified atom stereocenters. The summed E-state index contributed by atoms with van der Waals surface area (Å²) in [5.41, 5.74) is 7.08. The summed E-state index contributed by atoms with van der Waals surface area (Å²) in [6.07, 6.45) is 4.68. The van der Waals surface area contributed by atoms with Gasteiger partial charge >= 0.3 is 0 Å². The lowest BCUT2D eigenvalue weighted by atomic mass is 9.89. The zero-order valence-corrected chi connectivity index (χ0v) is 12.9. The van der Waals surface area contributed by atoms with Gasteiger partial charge in [-0.15, -0.1) is 0 Å². The Hall–Kier alpha value is -1.07. The van der Waals surface area contributed by atoms with Crippen LogP contribution >= 0.6 is 15.9 Å². The van der Waals surface area contributed by atoms with Crippen LogP contribution in [0, 0.1) is 0 Å². The lowest BCUT2D eigenvalue weighted by molar-refractivity contribution is -0.0753. The van der Waals surface area contributed by atoms with Gasteiger partial charge in [0.15, 0.2) is 0 Å². The van der Waals surface area contributed by atoms with Crippen molar-refractivity contribution >= 4 is 27.5 Å². The van der Waals surface area contributed by atoms with Crippen molar-refractivity contribution in [3.63, 3.8) is 0 Å². The molecule has 1 heterocycles. The number of halogens is 1. The van der Waals surface area contributed by atoms with Crippen LogP contribution in [0.1, 0.15) is 36.0 Å². The molecule has 2 fully saturated rings. The van der Waals surface area contributed by atoms with Gasteiger partial charge in [-0.1, -0.05) is 12.8 Å². The standard InChI is InChI=1S/C15H19BrN2O2/c16-12-6-5-10(17)9-11(12)15(19)18-7-8-20-14-4-2-1-3-13(14)18/h5-6,9,13-14H,1-4,7-8,17H2. The quantitative estimate of drug-likeness (QED) is 0.801. The number of hydrogen-bond acceptors (Lipinski definition) is 3. The average Bonchev–Trinajstić information content (AvgIpc) is 2.48. The molecular weight excluding hydrogens is 320 g/mol. The fraction of sp³-hybridized carbons (Fsp3) is 0.533. The molecule has 0 radical (unpaired) electrons. The predicted octanol–water partition coefficient (Wildman–Crippen LogP) is 2.81. The van der Waals surface area contributed by atoms with E-state index >= 15 is 0 Å². The highest BCUT2D eigenvalue weighted by atomic mass is 79.9. The Labute approximate surface area is 127 Å². The van der Waals surface area contributed by atoms with Crippen LogP contribution in [-0.4, -0.2) is 36.1 Å². The summed E-state index contributed by atoms with van der Waals surface area (Å²) < 4.78 is 6.62. The number of benzene rings is 1. The van der Waals surface area contributed by atoms with Gasteiger partial charge in [-0.2, -0.15) is 0 Å². The highest BCUT2D eigenvalue weighted by Gasteiger charge is 2.37. The lowest BCUT2D eigenvalue weighted by Crippen LogP contribution is -2.54. The number of amides is 1. The van der Waals surface area contributed by atoms with Gasteiger partial charge < -0.3 is 15.4 Å². The molecule has 1 aromatic carbocycles. The van der Waals surface area contributed by atoms with Gasteiger partial charge in [0.05, 0.1) is 24.3 Å². The summed E-state index contributed by atoms with van der Waals surface area (Å²) in [5, 5.41) is 0. The molecule has 0 aromatic heterocycles. The second-order valence-corrected chi connectivity index (χ2v) is 6.35. The second kappa shape index (κ2) is 5.74. The zero-order valence-electron chi connectivity index (χ0n) is 11.3. The van der Waals surface area contributed by atoms with E-state index in [1.165, 1.54) is 12.8 Å². The first-order valence-electron chi connectivity index (χ1n) is 7.14. The van der Waals surface area contributed by atoms with Crippen molar-refractivity contribution in [3.05, 3.63) is 28.2 Å². The Morgan fingerprint density at radius 3 is 3.00 bits per heavy atom. The minimum Gasteiger partial charge on any atom is -0.399 e. The Morgan fingerprint density at radius 1 is 1.35 bits per heavy atom. The van der Waals surface area contributed by atoms with Gasteiger partial charge in [-0.25, -0.2) is 0 Å². The van der Waals surface area contributed by atoms with Crippen LogP contribution in [0.3, 0.4) is 0 Å². The number of fused-ring (bicyclic) bond motifs is 1. The van der Waals surface area contributed by atoms with Gasteiger partial charge in [0.1, 0.15) is 0 Å². The molecule has 2 aliphatic rings. The first kappa shape index (κ1) is 13.9. The fourth-order valence-electron chi connectivity index (χ4n) is 3.21. The Bertz CT molecular complexity index is 519. The number of nitrogens with zero attached hydrogens (tertiary/aromatic N) is 1. The third kappa shape index (κ3) is 2.56. The van der Waals surface area contributed by atoms with Gasteiger partial charge in [-0.3, -0.25) is 4.79 Å². The maximum Gasteiger partial charge on any atom is 0.255 e. The van der Waals surface area contributed by atoms with Crippen molar-refractivity contribution < 1.29 is 9.53 Å². The molecule has 0 spiro atoms. The van der Waals surface area contributed by atoms with Gasteiger partial charge in [0.25, 0.3) is 5.91 Å². The molecule has 3 rings (SSSR count). The minimum atomic E-state index is 0.0596. The van der Waals surface area contributed by atoms with Crippen molar-refractivity contribution in [3.8, 4) is 0 Å². The van der Waals surface area contributed by atoms with Crippen LogP contribution in [0.2, 0.25) is 0 Å². The van der Waals surface area contributed by atoms with Gasteiger partial charge in [-0.05, 0) is 47.0 Å². The highest BCUT2D eigenvalue weighted by Crippen LogP contribution is 2.31. The number of hydrogen-bond donors (Lipinski definition) is 1. The molecular formula is C15H19BrN2O2. The maximum atomic E-state index is 12.8. The van der Waals surface area contributed by atoms with Crippen molar-refractivity contribution in [2.24, 2.45) is 0 Å². The molecule has 1 aliphatic heterocycles. The third-order valence-electron chi connectivity index (χ3n) is 4.21. The molecule has 1 aliphatic carbocycles. The van der Waals surface area contributed by atoms with E-state index < -0.39 is 0 Å². The molecule has 1 amide bonds. The number of carbonyl (C=O) groups is 1. The van der Waals surface area contributed by atoms with Crippen LogP contribution in [-0.2, 0) is 4.74 Å². The number of nitrogen functional groups attached to an aromatic ring is 1. The number of carbonyl (C=O) groups excluding carboxylic acids is 1. The molecule has 4 nitrogen and oxygen atoms in total. The van der Waals surface area contributed by atoms with Gasteiger partial charge in [0, 0.05) is 16.7 Å². The largest absolute Gasteiger partial charge is 0.399 e. The van der Waals surface area contributed by atoms with Crippen LogP contribution < -0.4 is 5.73 Å². The Kier molecular flexibility index (Phi) is 3.98. The van der Waals surface area contributed by atoms with Crippen molar-refractivity contribution in [2.75, 3.05) is 18.9 Å². The Balaban J connectivity index is 1.87. The lowest BCUT2D eigenvalue weighted by Gasteiger charge is -2.43. The van der Waals surface area contributed by atoms with E-state index in [1.807, 2.05) is 11.0 Å². The van der Waals surface area contributed by atoms with Crippen molar-refractivity contribution in [1.29, 1.82) is 0 Å². The summed E-state index contributed by atoms with van der Waals surface area (Å²) in [6, 6.07) is 5.60. The second-order valence-electron chi connectivity index (χ2n) is 5.50. The zero-order chi connectivity index (χ0) is 14.1. The molecule has 1 aromatic rings. The summed E-state index contributed by atoms with van der Waals surface area (Å²) in [4.78, 5) is 14.8. The molecule has 2 N–H and O–H groups in total. The summed E-state index contributed by atoms with van der Waals surface area (Å²) in [7, 11) is 0. The Morgan fingerprint density at radius 2 is 2.15 bits per heavy atom. The molecule has 2 atom stereocenters. The summed E-state index contributed by atoms with van der Waals surface area (Å²) in [6.45, 7) is 1.30. The summed E-state index contributed by atoms with van der Waals surface area (Å²) in [5.74, 6) is 0.0596. The van der Waals surface area contributed by atoms with Crippen molar-refractivity contribution in [2.45, 2.75) is 37.8 Å². The monoisotopic (exact) mass is 338 g/mol. The number of anilines is 1. The molecule has 0 bridgehead atoms. The summed E-state index contributed by atoms with van der Waals surface area (Å²) >= 11 is 3.45. The molecule has 20 heavy (non-hydrogen) atoms. The van der Waals surface area contributed by atoms with E-state index in [2.05, 4.69) is 15.9 Å². The first-order valence-corrected chi connectivity index (χ1v) is 7.94. The number of ether oxygens (including phenoxy) is 1. The van der Waals surface area contributed by atoms with Gasteiger partial charge in [0.2, 0.25) is 0 Å². The van der Waals surface area contributed by atoms with E-state index in [4.69, 9.17) is 10.5 Å². The highest BCUT2D eigenvalue weighted by molar-refractivity contribution is 9.10. The smallest absolute Gasteiger partial charge is 0.255 e. The number of morpholine rings is 1. The van der Waals surface area contributed by atoms with Crippen LogP contribution in [0.5, 0.6) is 0 Å². The van der Waals surface area contributed by atoms with Crippen LogP contribution in [0.25, 0.3) is 0 Å². The van der Waals surface area contributed by atoms with E-state index in [9.17, 15) is 4.79 Å². The third-order valence-corrected chi connectivity index (χ3v) is 4.91. The average molecular weight is 339 g/mol. The maximum absolute atomic E-state index is 12.8. The fourth-order valence-corrected chi connectivity index (χ4v) is 3.63. The molecule has 108 valence electrons. The number of rotatable bonds is 1. The van der Waals surface area contributed by atoms with Crippen molar-refractivity contribution in [1.82, 2.24) is 4.90 Å². The minimum absolute atomic E-state index is 0.0596. The van der Waals surface area contributed by atoms with Crippen LogP contribution in [0.4, 0.5) is 5.69 Å². The molecule has 1 saturated carbocycles. The molecule has 1 saturated heterocycles. The topological polar surface area (TPSA) is 55.6 Å². The molecule has 5 heteroatoms. The SMILES string of the molecule is Nc1ccc(Br)c(C(=O)N2CCOC3CCCCC32)c1. The van der Waals surface area contributed by atoms with E-state index in [-0.39, 0.29) is 18.1 Å². The van der Waals surface area contributed by atoms with E-state index in [0.29, 0.717) is 24.4 Å².